The molecule has 1 heterocycles. The summed E-state index contributed by atoms with van der Waals surface area (Å²) >= 11 is 0. The summed E-state index contributed by atoms with van der Waals surface area (Å²) in [5.41, 5.74) is -0.510. The van der Waals surface area contributed by atoms with Gasteiger partial charge in [0, 0.05) is 13.1 Å². The number of ether oxygens (including phenoxy) is 1. The molecule has 1 aliphatic heterocycles. The Bertz CT molecular complexity index is 317. The second kappa shape index (κ2) is 6.89. The van der Waals surface area contributed by atoms with Crippen molar-refractivity contribution in [3.05, 3.63) is 0 Å². The lowest BCUT2D eigenvalue weighted by Crippen LogP contribution is -2.48. The maximum atomic E-state index is 12.3. The van der Waals surface area contributed by atoms with Gasteiger partial charge in [0.1, 0.15) is 5.60 Å². The van der Waals surface area contributed by atoms with E-state index in [-0.39, 0.29) is 18.3 Å². The lowest BCUT2D eigenvalue weighted by molar-refractivity contribution is -0.157. The van der Waals surface area contributed by atoms with Crippen molar-refractivity contribution >= 4 is 11.9 Å². The minimum Gasteiger partial charge on any atom is -0.460 e. The fraction of sp³-hybridized carbons (Fsp3) is 0.857. The highest BCUT2D eigenvalue weighted by Crippen LogP contribution is 2.13. The normalized spacial score (nSPS) is 18.0. The molecule has 5 nitrogen and oxygen atoms in total. The van der Waals surface area contributed by atoms with Crippen LogP contribution in [0.1, 0.15) is 46.5 Å². The van der Waals surface area contributed by atoms with Gasteiger partial charge in [0.05, 0.1) is 12.5 Å². The molecule has 0 bridgehead atoms. The molecule has 0 spiro atoms. The standard InChI is InChI=1S/C14H26N2O3/c1-14(2,3)19-12(17)10-11(15-4)13(18)16-8-6-5-7-9-16/h11,15H,5-10H2,1-4H3/t11-/m0/s1. The van der Waals surface area contributed by atoms with Crippen LogP contribution in [-0.2, 0) is 14.3 Å². The Balaban J connectivity index is 2.52. The molecule has 0 aromatic rings. The van der Waals surface area contributed by atoms with E-state index in [1.54, 1.807) is 7.05 Å². The number of amides is 1. The maximum absolute atomic E-state index is 12.3. The third-order valence-electron chi connectivity index (χ3n) is 3.11. The summed E-state index contributed by atoms with van der Waals surface area (Å²) in [5.74, 6) is -0.328. The topological polar surface area (TPSA) is 58.6 Å². The fourth-order valence-corrected chi connectivity index (χ4v) is 2.20. The third kappa shape index (κ3) is 5.59. The minimum absolute atomic E-state index is 0.00746. The Kier molecular flexibility index (Phi) is 5.79. The predicted molar refractivity (Wildman–Crippen MR) is 73.7 cm³/mol. The lowest BCUT2D eigenvalue weighted by Gasteiger charge is -2.30. The lowest BCUT2D eigenvalue weighted by atomic mass is 10.1. The van der Waals surface area contributed by atoms with Crippen LogP contribution < -0.4 is 5.32 Å². The first-order valence-corrected chi connectivity index (χ1v) is 7.01. The Morgan fingerprint density at radius 1 is 1.21 bits per heavy atom. The van der Waals surface area contributed by atoms with Crippen molar-refractivity contribution in [1.82, 2.24) is 10.2 Å². The first-order valence-electron chi connectivity index (χ1n) is 7.01. The van der Waals surface area contributed by atoms with Crippen LogP contribution in [0.3, 0.4) is 0 Å². The van der Waals surface area contributed by atoms with Crippen LogP contribution in [0.2, 0.25) is 0 Å². The number of likely N-dealkylation sites (tertiary alicyclic amines) is 1. The van der Waals surface area contributed by atoms with Crippen molar-refractivity contribution in [1.29, 1.82) is 0 Å². The summed E-state index contributed by atoms with van der Waals surface area (Å²) in [6.45, 7) is 7.07. The van der Waals surface area contributed by atoms with Crippen molar-refractivity contribution in [3.63, 3.8) is 0 Å². The van der Waals surface area contributed by atoms with E-state index in [4.69, 9.17) is 4.74 Å². The molecule has 19 heavy (non-hydrogen) atoms. The quantitative estimate of drug-likeness (QED) is 0.783. The molecule has 1 fully saturated rings. The summed E-state index contributed by atoms with van der Waals surface area (Å²) < 4.78 is 5.26. The zero-order valence-electron chi connectivity index (χ0n) is 12.5. The smallest absolute Gasteiger partial charge is 0.308 e. The number of likely N-dealkylation sites (N-methyl/N-ethyl adjacent to an activating group) is 1. The largest absolute Gasteiger partial charge is 0.460 e. The zero-order chi connectivity index (χ0) is 14.5. The molecule has 1 N–H and O–H groups in total. The average molecular weight is 270 g/mol. The minimum atomic E-state index is -0.510. The van der Waals surface area contributed by atoms with E-state index in [0.717, 1.165) is 25.9 Å². The Labute approximate surface area is 115 Å². The van der Waals surface area contributed by atoms with Crippen LogP contribution in [0, 0.1) is 0 Å². The van der Waals surface area contributed by atoms with Crippen LogP contribution in [0.5, 0.6) is 0 Å². The van der Waals surface area contributed by atoms with Crippen LogP contribution in [-0.4, -0.2) is 48.6 Å². The SMILES string of the molecule is CN[C@@H](CC(=O)OC(C)(C)C)C(=O)N1CCCCC1. The van der Waals surface area contributed by atoms with E-state index < -0.39 is 11.6 Å². The van der Waals surface area contributed by atoms with Gasteiger partial charge in [-0.15, -0.1) is 0 Å². The molecule has 0 unspecified atom stereocenters. The molecule has 0 aliphatic carbocycles. The van der Waals surface area contributed by atoms with Gasteiger partial charge in [0.2, 0.25) is 5.91 Å². The van der Waals surface area contributed by atoms with Gasteiger partial charge in [-0.1, -0.05) is 0 Å². The molecular formula is C14H26N2O3. The fourth-order valence-electron chi connectivity index (χ4n) is 2.20. The third-order valence-corrected chi connectivity index (χ3v) is 3.11. The number of esters is 1. The summed E-state index contributed by atoms with van der Waals surface area (Å²) in [6.07, 6.45) is 3.37. The molecule has 1 amide bonds. The van der Waals surface area contributed by atoms with Crippen molar-refractivity contribution in [2.24, 2.45) is 0 Å². The first kappa shape index (κ1) is 16.0. The molecular weight excluding hydrogens is 244 g/mol. The number of carbonyl (C=O) groups excluding carboxylic acids is 2. The molecule has 0 saturated carbocycles. The van der Waals surface area contributed by atoms with Crippen LogP contribution >= 0.6 is 0 Å². The van der Waals surface area contributed by atoms with Gasteiger partial charge in [-0.3, -0.25) is 9.59 Å². The number of nitrogens with one attached hydrogen (secondary N) is 1. The van der Waals surface area contributed by atoms with E-state index in [1.807, 2.05) is 25.7 Å². The van der Waals surface area contributed by atoms with Gasteiger partial charge < -0.3 is 15.0 Å². The van der Waals surface area contributed by atoms with E-state index in [9.17, 15) is 9.59 Å². The number of hydrogen-bond acceptors (Lipinski definition) is 4. The molecule has 1 rings (SSSR count). The van der Waals surface area contributed by atoms with Gasteiger partial charge in [-0.05, 0) is 47.1 Å². The van der Waals surface area contributed by atoms with Crippen LogP contribution in [0.25, 0.3) is 0 Å². The highest BCUT2D eigenvalue weighted by Gasteiger charge is 2.28. The molecule has 1 saturated heterocycles. The first-order chi connectivity index (χ1) is 8.83. The van der Waals surface area contributed by atoms with Gasteiger partial charge in [0.25, 0.3) is 0 Å². The van der Waals surface area contributed by atoms with Gasteiger partial charge in [-0.2, -0.15) is 0 Å². The molecule has 1 aliphatic rings. The molecule has 0 aromatic heterocycles. The Hall–Kier alpha value is -1.10. The number of nitrogens with zero attached hydrogens (tertiary/aromatic N) is 1. The van der Waals surface area contributed by atoms with Crippen molar-refractivity contribution in [3.8, 4) is 0 Å². The zero-order valence-corrected chi connectivity index (χ0v) is 12.5. The maximum Gasteiger partial charge on any atom is 0.308 e. The Morgan fingerprint density at radius 2 is 1.79 bits per heavy atom. The van der Waals surface area contributed by atoms with Gasteiger partial charge in [0.15, 0.2) is 0 Å². The van der Waals surface area contributed by atoms with E-state index in [0.29, 0.717) is 0 Å². The molecule has 5 heteroatoms. The van der Waals surface area contributed by atoms with Crippen molar-refractivity contribution < 1.29 is 14.3 Å². The monoisotopic (exact) mass is 270 g/mol. The highest BCUT2D eigenvalue weighted by molar-refractivity contribution is 5.86. The summed E-state index contributed by atoms with van der Waals surface area (Å²) in [5, 5.41) is 2.92. The van der Waals surface area contributed by atoms with Crippen LogP contribution in [0.15, 0.2) is 0 Å². The van der Waals surface area contributed by atoms with Gasteiger partial charge in [-0.25, -0.2) is 0 Å². The average Bonchev–Trinajstić information content (AvgIpc) is 2.34. The summed E-state index contributed by atoms with van der Waals surface area (Å²) in [6, 6.07) is -0.479. The number of piperidine rings is 1. The molecule has 1 atom stereocenters. The molecule has 0 radical (unpaired) electrons. The van der Waals surface area contributed by atoms with Crippen molar-refractivity contribution in [2.75, 3.05) is 20.1 Å². The van der Waals surface area contributed by atoms with Crippen molar-refractivity contribution in [2.45, 2.75) is 58.1 Å². The van der Waals surface area contributed by atoms with E-state index >= 15 is 0 Å². The second-order valence-electron chi connectivity index (χ2n) is 6.02. The highest BCUT2D eigenvalue weighted by atomic mass is 16.6. The summed E-state index contributed by atoms with van der Waals surface area (Å²) in [4.78, 5) is 25.9. The van der Waals surface area contributed by atoms with E-state index in [2.05, 4.69) is 5.32 Å². The predicted octanol–water partition coefficient (Wildman–Crippen LogP) is 1.32. The molecule has 110 valence electrons. The number of rotatable bonds is 4. The second-order valence-corrected chi connectivity index (χ2v) is 6.02. The number of hydrogen-bond donors (Lipinski definition) is 1. The Morgan fingerprint density at radius 3 is 2.26 bits per heavy atom. The van der Waals surface area contributed by atoms with Gasteiger partial charge >= 0.3 is 5.97 Å². The van der Waals surface area contributed by atoms with E-state index in [1.165, 1.54) is 6.42 Å². The molecule has 0 aromatic carbocycles. The number of carbonyl (C=O) groups is 2. The van der Waals surface area contributed by atoms with Crippen LogP contribution in [0.4, 0.5) is 0 Å². The summed E-state index contributed by atoms with van der Waals surface area (Å²) in [7, 11) is 1.71.